The third-order valence-corrected chi connectivity index (χ3v) is 7.02. The smallest absolute Gasteiger partial charge is 0.223 e. The number of ether oxygens (including phenoxy) is 1. The molecule has 0 saturated heterocycles. The molecule has 0 unspecified atom stereocenters. The minimum Gasteiger partial charge on any atom is -0.495 e. The minimum absolute atomic E-state index is 0.0594. The maximum absolute atomic E-state index is 12.7. The van der Waals surface area contributed by atoms with Crippen LogP contribution in [0.3, 0.4) is 0 Å². The van der Waals surface area contributed by atoms with E-state index >= 15 is 0 Å². The first-order valence-corrected chi connectivity index (χ1v) is 13.1. The lowest BCUT2D eigenvalue weighted by molar-refractivity contribution is -0.125. The predicted octanol–water partition coefficient (Wildman–Crippen LogP) is 3.02. The van der Waals surface area contributed by atoms with Crippen LogP contribution >= 0.6 is 11.6 Å². The average molecular weight is 492 g/mol. The van der Waals surface area contributed by atoms with Gasteiger partial charge in [0, 0.05) is 29.4 Å². The van der Waals surface area contributed by atoms with Crippen LogP contribution in [-0.2, 0) is 27.5 Å². The number of nitrogens with zero attached hydrogens (tertiary/aromatic N) is 2. The monoisotopic (exact) mass is 491 g/mol. The number of nitrogens with one attached hydrogen (secondary N) is 3. The van der Waals surface area contributed by atoms with E-state index in [0.29, 0.717) is 60.2 Å². The number of benzene rings is 1. The van der Waals surface area contributed by atoms with Gasteiger partial charge in [0.1, 0.15) is 33.4 Å². The minimum atomic E-state index is -3.04. The molecule has 0 spiro atoms. The molecule has 2 aromatic heterocycles. The molecule has 3 aromatic rings. The molecule has 11 heteroatoms. The predicted molar refractivity (Wildman–Crippen MR) is 128 cm³/mol. The summed E-state index contributed by atoms with van der Waals surface area (Å²) in [7, 11) is -1.45. The molecule has 0 bridgehead atoms. The maximum atomic E-state index is 12.7. The van der Waals surface area contributed by atoms with Crippen LogP contribution < -0.4 is 15.4 Å². The molecule has 9 nitrogen and oxygen atoms in total. The van der Waals surface area contributed by atoms with Crippen molar-refractivity contribution in [1.82, 2.24) is 20.3 Å². The molecule has 1 aliphatic rings. The number of fused-ring (bicyclic) bond motifs is 3. The second kappa shape index (κ2) is 9.56. The van der Waals surface area contributed by atoms with Gasteiger partial charge in [0.25, 0.3) is 0 Å². The summed E-state index contributed by atoms with van der Waals surface area (Å²) in [6.07, 6.45) is 5.04. The van der Waals surface area contributed by atoms with E-state index in [1.807, 2.05) is 0 Å². The highest BCUT2D eigenvalue weighted by atomic mass is 35.5. The molecule has 1 aliphatic carbocycles. The normalized spacial score (nSPS) is 15.8. The van der Waals surface area contributed by atoms with Crippen LogP contribution in [-0.4, -0.2) is 54.9 Å². The van der Waals surface area contributed by atoms with E-state index in [-0.39, 0.29) is 17.6 Å². The Morgan fingerprint density at radius 3 is 2.91 bits per heavy atom. The van der Waals surface area contributed by atoms with E-state index < -0.39 is 9.84 Å². The lowest BCUT2D eigenvalue weighted by Gasteiger charge is -2.22. The van der Waals surface area contributed by atoms with Gasteiger partial charge in [-0.2, -0.15) is 0 Å². The van der Waals surface area contributed by atoms with Gasteiger partial charge in [-0.1, -0.05) is 11.6 Å². The summed E-state index contributed by atoms with van der Waals surface area (Å²) in [5, 5.41) is 7.59. The summed E-state index contributed by atoms with van der Waals surface area (Å²) < 4.78 is 28.0. The number of carbonyl (C=O) groups excluding carboxylic acids is 1. The Morgan fingerprint density at radius 2 is 2.15 bits per heavy atom. The van der Waals surface area contributed by atoms with Gasteiger partial charge in [0.15, 0.2) is 0 Å². The number of hydrogen-bond donors (Lipinski definition) is 3. The highest BCUT2D eigenvalue weighted by Crippen LogP contribution is 2.37. The number of H-pyrrole nitrogens is 1. The molecule has 1 atom stereocenters. The van der Waals surface area contributed by atoms with Crippen LogP contribution in [0.5, 0.6) is 5.75 Å². The van der Waals surface area contributed by atoms with E-state index in [2.05, 4.69) is 25.6 Å². The number of aromatic nitrogens is 3. The average Bonchev–Trinajstić information content (AvgIpc) is 3.15. The van der Waals surface area contributed by atoms with Crippen LogP contribution in [0.15, 0.2) is 24.5 Å². The number of hydrogen-bond acceptors (Lipinski definition) is 7. The Labute approximate surface area is 197 Å². The van der Waals surface area contributed by atoms with Crippen LogP contribution in [0, 0.1) is 5.92 Å². The first-order valence-electron chi connectivity index (χ1n) is 10.7. The largest absolute Gasteiger partial charge is 0.495 e. The second-order valence-electron chi connectivity index (χ2n) is 8.21. The van der Waals surface area contributed by atoms with Crippen molar-refractivity contribution in [3.05, 3.63) is 40.8 Å². The molecule has 1 aromatic carbocycles. The van der Waals surface area contributed by atoms with Crippen molar-refractivity contribution >= 4 is 49.9 Å². The summed E-state index contributed by atoms with van der Waals surface area (Å²) in [6, 6.07) is 5.29. The highest BCUT2D eigenvalue weighted by molar-refractivity contribution is 7.90. The molecule has 4 rings (SSSR count). The van der Waals surface area contributed by atoms with Crippen LogP contribution in [0.1, 0.15) is 24.1 Å². The molecule has 1 amide bonds. The molecule has 176 valence electrons. The number of rotatable bonds is 8. The van der Waals surface area contributed by atoms with Gasteiger partial charge in [0.2, 0.25) is 5.91 Å². The fraction of sp³-hybridized carbons (Fsp3) is 0.409. The standard InChI is InChI=1S/C22H26ClN5O4S/c1-32-18-7-5-14(23)11-17(18)28-21-19-15-10-13(22(29)24-8-3-9-33(2,30)31)4-6-16(15)27-20(19)25-12-26-21/h5,7,11-13H,3-4,6,8-10H2,1-2H3,(H,24,29)(H2,25,26,27,28)/t13-/m0/s1. The number of aryl methyl sites for hydroxylation is 1. The zero-order valence-corrected chi connectivity index (χ0v) is 20.0. The van der Waals surface area contributed by atoms with Crippen LogP contribution in [0.4, 0.5) is 11.5 Å². The van der Waals surface area contributed by atoms with Crippen molar-refractivity contribution in [2.24, 2.45) is 5.92 Å². The molecule has 33 heavy (non-hydrogen) atoms. The number of sulfone groups is 1. The Balaban J connectivity index is 1.56. The van der Waals surface area contributed by atoms with Crippen molar-refractivity contribution in [2.75, 3.05) is 31.0 Å². The van der Waals surface area contributed by atoms with Crippen LogP contribution in [0.25, 0.3) is 11.0 Å². The third-order valence-electron chi connectivity index (χ3n) is 5.75. The molecule has 0 fully saturated rings. The van der Waals surface area contributed by atoms with E-state index in [9.17, 15) is 13.2 Å². The van der Waals surface area contributed by atoms with Gasteiger partial charge < -0.3 is 20.4 Å². The molecule has 3 N–H and O–H groups in total. The van der Waals surface area contributed by atoms with Gasteiger partial charge in [-0.25, -0.2) is 18.4 Å². The van der Waals surface area contributed by atoms with E-state index in [0.717, 1.165) is 16.6 Å². The molecular formula is C22H26ClN5O4S. The van der Waals surface area contributed by atoms with Crippen LogP contribution in [0.2, 0.25) is 5.02 Å². The van der Waals surface area contributed by atoms with Crippen molar-refractivity contribution in [3.63, 3.8) is 0 Å². The Bertz CT molecular complexity index is 1290. The summed E-state index contributed by atoms with van der Waals surface area (Å²) in [5.74, 6) is 1.02. The van der Waals surface area contributed by atoms with Gasteiger partial charge in [-0.3, -0.25) is 4.79 Å². The molecular weight excluding hydrogens is 466 g/mol. The van der Waals surface area contributed by atoms with Gasteiger partial charge in [-0.15, -0.1) is 0 Å². The van der Waals surface area contributed by atoms with Gasteiger partial charge in [0.05, 0.1) is 23.9 Å². The highest BCUT2D eigenvalue weighted by Gasteiger charge is 2.29. The number of carbonyl (C=O) groups is 1. The van der Waals surface area contributed by atoms with Crippen molar-refractivity contribution in [3.8, 4) is 5.75 Å². The van der Waals surface area contributed by atoms with Crippen molar-refractivity contribution in [1.29, 1.82) is 0 Å². The first kappa shape index (κ1) is 23.3. The fourth-order valence-corrected chi connectivity index (χ4v) is 5.00. The maximum Gasteiger partial charge on any atom is 0.223 e. The molecule has 0 radical (unpaired) electrons. The quantitative estimate of drug-likeness (QED) is 0.413. The summed E-state index contributed by atoms with van der Waals surface area (Å²) in [5.41, 5.74) is 3.44. The molecule has 0 saturated carbocycles. The Hall–Kier alpha value is -2.85. The lowest BCUT2D eigenvalue weighted by atomic mass is 9.86. The zero-order chi connectivity index (χ0) is 23.6. The molecule has 2 heterocycles. The topological polar surface area (TPSA) is 126 Å². The number of halogens is 1. The van der Waals surface area contributed by atoms with Crippen molar-refractivity contribution in [2.45, 2.75) is 25.7 Å². The van der Waals surface area contributed by atoms with Gasteiger partial charge in [-0.05, 0) is 49.4 Å². The zero-order valence-electron chi connectivity index (χ0n) is 18.4. The lowest BCUT2D eigenvalue weighted by Crippen LogP contribution is -2.35. The Kier molecular flexibility index (Phi) is 6.76. The summed E-state index contributed by atoms with van der Waals surface area (Å²) >= 11 is 6.17. The first-order chi connectivity index (χ1) is 15.7. The van der Waals surface area contributed by atoms with Gasteiger partial charge >= 0.3 is 0 Å². The van der Waals surface area contributed by atoms with E-state index in [1.54, 1.807) is 25.3 Å². The number of amides is 1. The Morgan fingerprint density at radius 1 is 1.33 bits per heavy atom. The molecule has 0 aliphatic heterocycles. The van der Waals surface area contributed by atoms with E-state index in [1.165, 1.54) is 12.6 Å². The van der Waals surface area contributed by atoms with E-state index in [4.69, 9.17) is 16.3 Å². The SMILES string of the molecule is COc1ccc(Cl)cc1Nc1ncnc2[nH]c3c(c12)C[C@@H](C(=O)NCCCS(C)(=O)=O)CC3. The summed E-state index contributed by atoms with van der Waals surface area (Å²) in [4.78, 5) is 24.9. The number of aromatic amines is 1. The summed E-state index contributed by atoms with van der Waals surface area (Å²) in [6.45, 7) is 0.341. The number of methoxy groups -OCH3 is 1. The second-order valence-corrected chi connectivity index (χ2v) is 10.9. The third kappa shape index (κ3) is 5.39. The number of anilines is 2. The van der Waals surface area contributed by atoms with Crippen molar-refractivity contribution < 1.29 is 17.9 Å². The fourth-order valence-electron chi connectivity index (χ4n) is 4.16.